The largest absolute Gasteiger partial charge is 0.369 e. The Morgan fingerprint density at radius 3 is 2.44 bits per heavy atom. The van der Waals surface area contributed by atoms with Crippen LogP contribution in [0.4, 0.5) is 5.69 Å². The van der Waals surface area contributed by atoms with Crippen LogP contribution in [0.25, 0.3) is 0 Å². The first-order valence-corrected chi connectivity index (χ1v) is 8.10. The van der Waals surface area contributed by atoms with E-state index < -0.39 is 0 Å². The van der Waals surface area contributed by atoms with Gasteiger partial charge in [0.05, 0.1) is 0 Å². The Hall–Kier alpha value is -0.540. The van der Waals surface area contributed by atoms with Gasteiger partial charge in [-0.25, -0.2) is 0 Å². The summed E-state index contributed by atoms with van der Waals surface area (Å²) in [6.45, 7) is 6.15. The number of rotatable bonds is 4. The summed E-state index contributed by atoms with van der Waals surface area (Å²) >= 11 is 3.59. The molecule has 1 saturated carbocycles. The molecular weight excluding hydrogens is 288 g/mol. The second-order valence-corrected chi connectivity index (χ2v) is 6.05. The summed E-state index contributed by atoms with van der Waals surface area (Å²) in [5, 5.41) is 0.950. The molecule has 1 aromatic carbocycles. The van der Waals surface area contributed by atoms with Gasteiger partial charge in [0.15, 0.2) is 0 Å². The van der Waals surface area contributed by atoms with Gasteiger partial charge >= 0.3 is 0 Å². The van der Waals surface area contributed by atoms with Gasteiger partial charge in [-0.3, -0.25) is 4.90 Å². The average molecular weight is 309 g/mol. The Morgan fingerprint density at radius 2 is 1.78 bits per heavy atom. The molecule has 0 atom stereocenters. The monoisotopic (exact) mass is 308 g/mol. The number of hydrogen-bond acceptors (Lipinski definition) is 2. The van der Waals surface area contributed by atoms with Crippen molar-refractivity contribution in [2.45, 2.75) is 18.2 Å². The zero-order valence-electron chi connectivity index (χ0n) is 10.8. The van der Waals surface area contributed by atoms with Gasteiger partial charge in [0.25, 0.3) is 0 Å². The predicted molar refractivity (Wildman–Crippen MR) is 80.5 cm³/mol. The van der Waals surface area contributed by atoms with Crippen molar-refractivity contribution in [2.24, 2.45) is 5.92 Å². The first-order chi connectivity index (χ1) is 8.86. The minimum Gasteiger partial charge on any atom is -0.369 e. The summed E-state index contributed by atoms with van der Waals surface area (Å²) in [5.74, 6) is 1.02. The van der Waals surface area contributed by atoms with Gasteiger partial charge in [0.1, 0.15) is 0 Å². The molecule has 0 bridgehead atoms. The van der Waals surface area contributed by atoms with Crippen LogP contribution in [0.2, 0.25) is 0 Å². The number of nitrogens with zero attached hydrogens (tertiary/aromatic N) is 2. The molecule has 1 aliphatic heterocycles. The highest BCUT2D eigenvalue weighted by Gasteiger charge is 2.26. The van der Waals surface area contributed by atoms with Crippen LogP contribution in [0, 0.1) is 5.92 Å². The Balaban J connectivity index is 1.60. The van der Waals surface area contributed by atoms with E-state index in [0.717, 1.165) is 11.2 Å². The molecule has 1 saturated heterocycles. The van der Waals surface area contributed by atoms with Crippen molar-refractivity contribution in [3.63, 3.8) is 0 Å². The molecule has 0 aromatic heterocycles. The third-order valence-electron chi connectivity index (χ3n) is 4.06. The van der Waals surface area contributed by atoms with E-state index in [1.165, 1.54) is 56.8 Å². The van der Waals surface area contributed by atoms with Gasteiger partial charge in [0.2, 0.25) is 0 Å². The Bertz CT molecular complexity index is 395. The number of anilines is 1. The van der Waals surface area contributed by atoms with Crippen LogP contribution in [0.15, 0.2) is 24.3 Å². The van der Waals surface area contributed by atoms with E-state index in [9.17, 15) is 0 Å². The Labute approximate surface area is 118 Å². The van der Waals surface area contributed by atoms with E-state index in [0.29, 0.717) is 0 Å². The molecule has 98 valence electrons. The molecule has 0 N–H and O–H groups in total. The fraction of sp³-hybridized carbons (Fsp3) is 0.600. The maximum absolute atomic E-state index is 3.59. The number of hydrogen-bond donors (Lipinski definition) is 0. The molecule has 1 aromatic rings. The maximum atomic E-state index is 3.59. The van der Waals surface area contributed by atoms with Gasteiger partial charge in [-0.2, -0.15) is 0 Å². The van der Waals surface area contributed by atoms with Crippen LogP contribution in [0.5, 0.6) is 0 Å². The van der Waals surface area contributed by atoms with Gasteiger partial charge in [-0.15, -0.1) is 0 Å². The van der Waals surface area contributed by atoms with Crippen molar-refractivity contribution in [1.82, 2.24) is 4.90 Å². The number of halogens is 1. The lowest BCUT2D eigenvalue weighted by Gasteiger charge is -2.37. The molecule has 2 aliphatic rings. The van der Waals surface area contributed by atoms with Crippen molar-refractivity contribution < 1.29 is 0 Å². The molecule has 0 spiro atoms. The van der Waals surface area contributed by atoms with Crippen molar-refractivity contribution in [2.75, 3.05) is 37.6 Å². The first-order valence-electron chi connectivity index (χ1n) is 6.98. The van der Waals surface area contributed by atoms with E-state index in [4.69, 9.17) is 0 Å². The summed E-state index contributed by atoms with van der Waals surface area (Å²) < 4.78 is 0. The molecule has 0 radical (unpaired) electrons. The standard InChI is InChI=1S/C15H21BrN2/c16-11-14-3-1-2-4-15(14)18-9-7-17(8-10-18)12-13-5-6-13/h1-4,13H,5-12H2. The fourth-order valence-corrected chi connectivity index (χ4v) is 3.24. The quantitative estimate of drug-likeness (QED) is 0.789. The molecule has 0 unspecified atom stereocenters. The zero-order valence-corrected chi connectivity index (χ0v) is 12.4. The second-order valence-electron chi connectivity index (χ2n) is 5.49. The highest BCUT2D eigenvalue weighted by Crippen LogP contribution is 2.30. The highest BCUT2D eigenvalue weighted by molar-refractivity contribution is 9.08. The minimum absolute atomic E-state index is 0.950. The smallest absolute Gasteiger partial charge is 0.0408 e. The van der Waals surface area contributed by atoms with Gasteiger partial charge in [-0.1, -0.05) is 34.1 Å². The number of para-hydroxylation sites is 1. The van der Waals surface area contributed by atoms with Crippen LogP contribution in [-0.2, 0) is 5.33 Å². The normalized spacial score (nSPS) is 21.3. The topological polar surface area (TPSA) is 6.48 Å². The molecule has 1 aliphatic carbocycles. The van der Waals surface area contributed by atoms with E-state index in [2.05, 4.69) is 50.0 Å². The van der Waals surface area contributed by atoms with E-state index in [-0.39, 0.29) is 0 Å². The number of piperazine rings is 1. The summed E-state index contributed by atoms with van der Waals surface area (Å²) in [7, 11) is 0. The lowest BCUT2D eigenvalue weighted by molar-refractivity contribution is 0.248. The van der Waals surface area contributed by atoms with Crippen molar-refractivity contribution in [3.05, 3.63) is 29.8 Å². The molecule has 3 heteroatoms. The number of benzene rings is 1. The van der Waals surface area contributed by atoms with E-state index >= 15 is 0 Å². The SMILES string of the molecule is BrCc1ccccc1N1CCN(CC2CC2)CC1. The predicted octanol–water partition coefficient (Wildman–Crippen LogP) is 3.11. The lowest BCUT2D eigenvalue weighted by atomic mass is 10.1. The van der Waals surface area contributed by atoms with Crippen molar-refractivity contribution >= 4 is 21.6 Å². The fourth-order valence-electron chi connectivity index (χ4n) is 2.77. The van der Waals surface area contributed by atoms with Crippen LogP contribution in [0.3, 0.4) is 0 Å². The van der Waals surface area contributed by atoms with Crippen LogP contribution in [-0.4, -0.2) is 37.6 Å². The highest BCUT2D eigenvalue weighted by atomic mass is 79.9. The van der Waals surface area contributed by atoms with Crippen molar-refractivity contribution in [3.8, 4) is 0 Å². The molecule has 2 fully saturated rings. The van der Waals surface area contributed by atoms with Crippen LogP contribution >= 0.6 is 15.9 Å². The lowest BCUT2D eigenvalue weighted by Crippen LogP contribution is -2.47. The third-order valence-corrected chi connectivity index (χ3v) is 4.67. The molecule has 2 nitrogen and oxygen atoms in total. The molecule has 18 heavy (non-hydrogen) atoms. The first kappa shape index (κ1) is 12.5. The second kappa shape index (κ2) is 5.62. The summed E-state index contributed by atoms with van der Waals surface area (Å²) in [6.07, 6.45) is 2.93. The molecule has 3 rings (SSSR count). The van der Waals surface area contributed by atoms with Gasteiger partial charge in [-0.05, 0) is 30.4 Å². The molecule has 0 amide bonds. The zero-order chi connectivity index (χ0) is 12.4. The summed E-state index contributed by atoms with van der Waals surface area (Å²) in [5.41, 5.74) is 2.83. The average Bonchev–Trinajstić information content (AvgIpc) is 3.24. The van der Waals surface area contributed by atoms with E-state index in [1.54, 1.807) is 0 Å². The molecular formula is C15H21BrN2. The number of alkyl halides is 1. The van der Waals surface area contributed by atoms with E-state index in [1.807, 2.05) is 0 Å². The molecule has 1 heterocycles. The summed E-state index contributed by atoms with van der Waals surface area (Å²) in [4.78, 5) is 5.19. The Morgan fingerprint density at radius 1 is 1.06 bits per heavy atom. The van der Waals surface area contributed by atoms with Crippen LogP contribution < -0.4 is 4.90 Å². The minimum atomic E-state index is 0.950. The maximum Gasteiger partial charge on any atom is 0.0408 e. The van der Waals surface area contributed by atoms with Crippen molar-refractivity contribution in [1.29, 1.82) is 0 Å². The third kappa shape index (κ3) is 2.89. The summed E-state index contributed by atoms with van der Waals surface area (Å²) in [6, 6.07) is 8.76. The van der Waals surface area contributed by atoms with Crippen LogP contribution in [0.1, 0.15) is 18.4 Å². The van der Waals surface area contributed by atoms with Gasteiger partial charge in [0, 0.05) is 43.7 Å². The Kier molecular flexibility index (Phi) is 3.90. The van der Waals surface area contributed by atoms with Gasteiger partial charge < -0.3 is 4.90 Å².